The molecule has 0 unspecified atom stereocenters. The monoisotopic (exact) mass is 291 g/mol. The number of anilines is 1. The Bertz CT molecular complexity index is 634. The smallest absolute Gasteiger partial charge is 0.345 e. The van der Waals surface area contributed by atoms with Crippen LogP contribution in [0.25, 0.3) is 0 Å². The normalized spacial score (nSPS) is 10.3. The molecule has 0 radical (unpaired) electrons. The lowest BCUT2D eigenvalue weighted by Gasteiger charge is -2.11. The van der Waals surface area contributed by atoms with E-state index < -0.39 is 5.97 Å². The molecule has 0 saturated carbocycles. The van der Waals surface area contributed by atoms with Gasteiger partial charge < -0.3 is 15.2 Å². The summed E-state index contributed by atoms with van der Waals surface area (Å²) in [5, 5.41) is 12.3. The Labute approximate surface area is 122 Å². The topological polar surface area (TPSA) is 58.6 Å². The highest BCUT2D eigenvalue weighted by molar-refractivity contribution is 7.14. The first-order chi connectivity index (χ1) is 9.51. The Morgan fingerprint density at radius 3 is 2.70 bits per heavy atom. The fourth-order valence-electron chi connectivity index (χ4n) is 1.95. The van der Waals surface area contributed by atoms with E-state index in [9.17, 15) is 4.79 Å². The van der Waals surface area contributed by atoms with E-state index in [-0.39, 0.29) is 0 Å². The van der Waals surface area contributed by atoms with Gasteiger partial charge in [-0.25, -0.2) is 4.79 Å². The number of nitrogens with one attached hydrogen (secondary N) is 1. The van der Waals surface area contributed by atoms with Gasteiger partial charge in [-0.15, -0.1) is 11.3 Å². The highest BCUT2D eigenvalue weighted by atomic mass is 32.1. The van der Waals surface area contributed by atoms with Gasteiger partial charge >= 0.3 is 5.97 Å². The summed E-state index contributed by atoms with van der Waals surface area (Å²) in [6, 6.07) is 7.64. The van der Waals surface area contributed by atoms with Gasteiger partial charge in [0.15, 0.2) is 0 Å². The fourth-order valence-corrected chi connectivity index (χ4v) is 2.83. The number of carboxylic acid groups (broad SMARTS) is 1. The van der Waals surface area contributed by atoms with Crippen molar-refractivity contribution in [3.05, 3.63) is 45.1 Å². The van der Waals surface area contributed by atoms with Crippen molar-refractivity contribution in [1.82, 2.24) is 0 Å². The molecule has 0 aliphatic carbocycles. The number of hydrogen-bond acceptors (Lipinski definition) is 4. The van der Waals surface area contributed by atoms with Crippen LogP contribution in [-0.2, 0) is 6.54 Å². The van der Waals surface area contributed by atoms with Gasteiger partial charge in [0.2, 0.25) is 0 Å². The van der Waals surface area contributed by atoms with E-state index in [1.54, 1.807) is 13.2 Å². The Kier molecular flexibility index (Phi) is 4.29. The van der Waals surface area contributed by atoms with Crippen molar-refractivity contribution in [2.24, 2.45) is 0 Å². The summed E-state index contributed by atoms with van der Waals surface area (Å²) >= 11 is 1.30. The third-order valence-corrected chi connectivity index (χ3v) is 4.14. The maximum absolute atomic E-state index is 11.0. The van der Waals surface area contributed by atoms with Crippen molar-refractivity contribution < 1.29 is 14.6 Å². The number of methoxy groups -OCH3 is 1. The number of carbonyl (C=O) groups is 1. The van der Waals surface area contributed by atoms with Gasteiger partial charge in [0.25, 0.3) is 0 Å². The van der Waals surface area contributed by atoms with E-state index in [0.717, 1.165) is 27.4 Å². The molecular weight excluding hydrogens is 274 g/mol. The van der Waals surface area contributed by atoms with Crippen molar-refractivity contribution in [2.45, 2.75) is 20.4 Å². The molecule has 4 nitrogen and oxygen atoms in total. The van der Waals surface area contributed by atoms with Crippen LogP contribution in [0.2, 0.25) is 0 Å². The van der Waals surface area contributed by atoms with Crippen LogP contribution >= 0.6 is 11.3 Å². The van der Waals surface area contributed by atoms with E-state index in [1.165, 1.54) is 11.3 Å². The summed E-state index contributed by atoms with van der Waals surface area (Å²) in [6.45, 7) is 4.53. The Morgan fingerprint density at radius 1 is 1.35 bits per heavy atom. The second-order valence-electron chi connectivity index (χ2n) is 4.55. The van der Waals surface area contributed by atoms with Crippen molar-refractivity contribution >= 4 is 23.0 Å². The molecular formula is C15H17NO3S. The molecule has 106 valence electrons. The zero-order valence-electron chi connectivity index (χ0n) is 11.7. The first-order valence-corrected chi connectivity index (χ1v) is 7.04. The molecule has 0 aliphatic heterocycles. The molecule has 0 amide bonds. The van der Waals surface area contributed by atoms with E-state index in [0.29, 0.717) is 11.4 Å². The summed E-state index contributed by atoms with van der Waals surface area (Å²) in [5.74, 6) is -0.0978. The standard InChI is InChI=1S/C15H17NO3S/c1-9-4-5-13(19-3)12(6-9)16-8-11-7-14(15(17)18)20-10(11)2/h4-7,16H,8H2,1-3H3,(H,17,18). The van der Waals surface area contributed by atoms with Gasteiger partial charge in [-0.2, -0.15) is 0 Å². The first-order valence-electron chi connectivity index (χ1n) is 6.22. The number of aryl methyl sites for hydroxylation is 2. The van der Waals surface area contributed by atoms with E-state index in [2.05, 4.69) is 5.32 Å². The minimum Gasteiger partial charge on any atom is -0.495 e. The molecule has 0 saturated heterocycles. The molecule has 0 fully saturated rings. The van der Waals surface area contributed by atoms with Crippen LogP contribution in [0.15, 0.2) is 24.3 Å². The summed E-state index contributed by atoms with van der Waals surface area (Å²) in [4.78, 5) is 12.3. The number of rotatable bonds is 5. The second kappa shape index (κ2) is 5.96. The van der Waals surface area contributed by atoms with Crippen molar-refractivity contribution in [3.8, 4) is 5.75 Å². The van der Waals surface area contributed by atoms with Crippen LogP contribution < -0.4 is 10.1 Å². The van der Waals surface area contributed by atoms with E-state index in [4.69, 9.17) is 9.84 Å². The number of thiophene rings is 1. The van der Waals surface area contributed by atoms with Gasteiger partial charge in [0, 0.05) is 11.4 Å². The third kappa shape index (κ3) is 3.11. The van der Waals surface area contributed by atoms with Gasteiger partial charge in [-0.05, 0) is 43.2 Å². The second-order valence-corrected chi connectivity index (χ2v) is 5.81. The molecule has 5 heteroatoms. The van der Waals surface area contributed by atoms with Crippen molar-refractivity contribution in [1.29, 1.82) is 0 Å². The summed E-state index contributed by atoms with van der Waals surface area (Å²) in [6.07, 6.45) is 0. The van der Waals surface area contributed by atoms with Crippen LogP contribution in [0.5, 0.6) is 5.75 Å². The van der Waals surface area contributed by atoms with Gasteiger partial charge in [0.05, 0.1) is 12.8 Å². The lowest BCUT2D eigenvalue weighted by Crippen LogP contribution is -2.02. The number of hydrogen-bond donors (Lipinski definition) is 2. The average Bonchev–Trinajstić information content (AvgIpc) is 2.78. The maximum atomic E-state index is 11.0. The molecule has 2 N–H and O–H groups in total. The summed E-state index contributed by atoms with van der Waals surface area (Å²) < 4.78 is 5.31. The molecule has 1 aromatic carbocycles. The lowest BCUT2D eigenvalue weighted by molar-refractivity contribution is 0.0702. The predicted octanol–water partition coefficient (Wildman–Crippen LogP) is 3.68. The molecule has 20 heavy (non-hydrogen) atoms. The minimum atomic E-state index is -0.877. The quantitative estimate of drug-likeness (QED) is 0.882. The zero-order valence-corrected chi connectivity index (χ0v) is 12.5. The van der Waals surface area contributed by atoms with Crippen LogP contribution in [0.3, 0.4) is 0 Å². The first kappa shape index (κ1) is 14.4. The average molecular weight is 291 g/mol. The number of carboxylic acids is 1. The maximum Gasteiger partial charge on any atom is 0.345 e. The highest BCUT2D eigenvalue weighted by Crippen LogP contribution is 2.27. The largest absolute Gasteiger partial charge is 0.495 e. The minimum absolute atomic E-state index is 0.371. The Morgan fingerprint density at radius 2 is 2.10 bits per heavy atom. The fraction of sp³-hybridized carbons (Fsp3) is 0.267. The van der Waals surface area contributed by atoms with Crippen LogP contribution in [-0.4, -0.2) is 18.2 Å². The van der Waals surface area contributed by atoms with Crippen molar-refractivity contribution in [2.75, 3.05) is 12.4 Å². The molecule has 0 atom stereocenters. The molecule has 1 aromatic heterocycles. The molecule has 0 bridgehead atoms. The van der Waals surface area contributed by atoms with Crippen LogP contribution in [0, 0.1) is 13.8 Å². The highest BCUT2D eigenvalue weighted by Gasteiger charge is 2.11. The Balaban J connectivity index is 2.16. The molecule has 0 spiro atoms. The lowest BCUT2D eigenvalue weighted by atomic mass is 10.2. The van der Waals surface area contributed by atoms with Gasteiger partial charge in [-0.1, -0.05) is 6.07 Å². The zero-order chi connectivity index (χ0) is 14.7. The van der Waals surface area contributed by atoms with Gasteiger partial charge in [0.1, 0.15) is 10.6 Å². The number of ether oxygens (including phenoxy) is 1. The molecule has 0 aliphatic rings. The SMILES string of the molecule is COc1ccc(C)cc1NCc1cc(C(=O)O)sc1C. The Hall–Kier alpha value is -2.01. The third-order valence-electron chi connectivity index (χ3n) is 3.06. The van der Waals surface area contributed by atoms with E-state index in [1.807, 2.05) is 32.0 Å². The summed E-state index contributed by atoms with van der Waals surface area (Å²) in [7, 11) is 1.63. The van der Waals surface area contributed by atoms with Crippen LogP contribution in [0.4, 0.5) is 5.69 Å². The predicted molar refractivity (Wildman–Crippen MR) is 81.1 cm³/mol. The van der Waals surface area contributed by atoms with Crippen LogP contribution in [0.1, 0.15) is 25.7 Å². The number of benzene rings is 1. The van der Waals surface area contributed by atoms with Gasteiger partial charge in [-0.3, -0.25) is 0 Å². The summed E-state index contributed by atoms with van der Waals surface area (Å²) in [5.41, 5.74) is 3.05. The van der Waals surface area contributed by atoms with Crippen molar-refractivity contribution in [3.63, 3.8) is 0 Å². The number of aromatic carboxylic acids is 1. The molecule has 2 aromatic rings. The van der Waals surface area contributed by atoms with E-state index >= 15 is 0 Å². The molecule has 1 heterocycles. The molecule has 2 rings (SSSR count).